The summed E-state index contributed by atoms with van der Waals surface area (Å²) in [5, 5.41) is 19.0. The number of phenolic OH excluding ortho intramolecular Hbond substituents is 1. The Balaban J connectivity index is 0.943. The van der Waals surface area contributed by atoms with Gasteiger partial charge >= 0.3 is 6.09 Å². The number of aromatic hydroxyl groups is 1. The number of aromatic nitrogens is 1. The minimum absolute atomic E-state index is 0.0345. The monoisotopic (exact) mass is 595 g/mol. The van der Waals surface area contributed by atoms with Crippen molar-refractivity contribution in [2.24, 2.45) is 0 Å². The van der Waals surface area contributed by atoms with Crippen LogP contribution in [0, 0.1) is 0 Å². The van der Waals surface area contributed by atoms with Crippen LogP contribution in [0.1, 0.15) is 34.6 Å². The Labute approximate surface area is 258 Å². The second-order valence-corrected chi connectivity index (χ2v) is 11.1. The number of nitrogens with one attached hydrogen (secondary N) is 4. The van der Waals surface area contributed by atoms with Crippen molar-refractivity contribution < 1.29 is 19.4 Å². The highest BCUT2D eigenvalue weighted by Crippen LogP contribution is 2.28. The van der Waals surface area contributed by atoms with Crippen LogP contribution in [0.4, 0.5) is 10.5 Å². The Hall–Kier alpha value is -4.44. The van der Waals surface area contributed by atoms with Gasteiger partial charge in [-0.05, 0) is 67.3 Å². The van der Waals surface area contributed by atoms with Gasteiger partial charge < -0.3 is 30.4 Å². The summed E-state index contributed by atoms with van der Waals surface area (Å²) in [7, 11) is 0. The Bertz CT molecular complexity index is 1480. The number of Topliss-reactive ketones (excluding diaryl/α,β-unsaturated/α-hetero) is 1. The summed E-state index contributed by atoms with van der Waals surface area (Å²) in [5.41, 5.74) is 5.46. The molecule has 0 spiro atoms. The third kappa shape index (κ3) is 9.28. The summed E-state index contributed by atoms with van der Waals surface area (Å²) in [6.45, 7) is 4.95. The number of benzene rings is 3. The fourth-order valence-corrected chi connectivity index (χ4v) is 5.36. The zero-order valence-corrected chi connectivity index (χ0v) is 24.9. The molecule has 230 valence electrons. The molecule has 44 heavy (non-hydrogen) atoms. The maximum absolute atomic E-state index is 12.7. The van der Waals surface area contributed by atoms with E-state index >= 15 is 0 Å². The van der Waals surface area contributed by atoms with E-state index in [1.807, 2.05) is 78.9 Å². The van der Waals surface area contributed by atoms with Crippen LogP contribution >= 0.6 is 0 Å². The highest BCUT2D eigenvalue weighted by atomic mass is 16.6. The first-order chi connectivity index (χ1) is 21.5. The van der Waals surface area contributed by atoms with E-state index in [0.717, 1.165) is 73.5 Å². The molecule has 1 saturated heterocycles. The molecule has 0 unspecified atom stereocenters. The van der Waals surface area contributed by atoms with Gasteiger partial charge in [0.1, 0.15) is 11.9 Å². The molecule has 0 atom stereocenters. The van der Waals surface area contributed by atoms with Crippen molar-refractivity contribution in [3.8, 4) is 16.9 Å². The predicted molar refractivity (Wildman–Crippen MR) is 173 cm³/mol. The zero-order chi connectivity index (χ0) is 30.6. The number of carbonyl (C=O) groups excluding carboxylic acids is 2. The van der Waals surface area contributed by atoms with E-state index in [1.54, 1.807) is 12.1 Å². The summed E-state index contributed by atoms with van der Waals surface area (Å²) in [5.74, 6) is 0.308. The van der Waals surface area contributed by atoms with Gasteiger partial charge in [-0.3, -0.25) is 10.1 Å². The molecular formula is C35H41N5O4. The Morgan fingerprint density at radius 3 is 2.41 bits per heavy atom. The van der Waals surface area contributed by atoms with Crippen LogP contribution in [0.3, 0.4) is 0 Å². The zero-order valence-electron chi connectivity index (χ0n) is 24.9. The molecule has 9 nitrogen and oxygen atoms in total. The smallest absolute Gasteiger partial charge is 0.411 e. The number of hydrogen-bond donors (Lipinski definition) is 5. The van der Waals surface area contributed by atoms with E-state index in [-0.39, 0.29) is 24.2 Å². The predicted octanol–water partition coefficient (Wildman–Crippen LogP) is 5.21. The number of amides is 1. The van der Waals surface area contributed by atoms with Crippen LogP contribution in [0.2, 0.25) is 0 Å². The van der Waals surface area contributed by atoms with Gasteiger partial charge in [0.05, 0.1) is 17.9 Å². The number of para-hydroxylation sites is 1. The maximum Gasteiger partial charge on any atom is 0.411 e. The number of ether oxygens (including phenoxy) is 1. The van der Waals surface area contributed by atoms with Crippen LogP contribution in [0.15, 0.2) is 91.0 Å². The summed E-state index contributed by atoms with van der Waals surface area (Å²) in [6, 6.07) is 28.7. The molecule has 0 aliphatic carbocycles. The summed E-state index contributed by atoms with van der Waals surface area (Å²) in [4.78, 5) is 30.8. The lowest BCUT2D eigenvalue weighted by atomic mass is 10.0. The second-order valence-electron chi connectivity index (χ2n) is 11.1. The quantitative estimate of drug-likeness (QED) is 0.100. The van der Waals surface area contributed by atoms with Gasteiger partial charge in [-0.1, -0.05) is 60.7 Å². The number of nitrogens with zero attached hydrogens (tertiary/aromatic N) is 1. The van der Waals surface area contributed by atoms with Crippen LogP contribution in [-0.2, 0) is 17.7 Å². The summed E-state index contributed by atoms with van der Waals surface area (Å²) < 4.78 is 5.74. The van der Waals surface area contributed by atoms with Gasteiger partial charge in [-0.2, -0.15) is 0 Å². The molecule has 1 aromatic heterocycles. The lowest BCUT2D eigenvalue weighted by Gasteiger charge is -2.31. The van der Waals surface area contributed by atoms with Crippen LogP contribution < -0.4 is 16.0 Å². The summed E-state index contributed by atoms with van der Waals surface area (Å²) in [6.07, 6.45) is 1.88. The molecule has 1 aliphatic heterocycles. The number of phenols is 1. The molecular weight excluding hydrogens is 554 g/mol. The van der Waals surface area contributed by atoms with E-state index in [4.69, 9.17) is 4.74 Å². The minimum Gasteiger partial charge on any atom is -0.508 e. The number of aromatic amines is 1. The first-order valence-corrected chi connectivity index (χ1v) is 15.3. The number of rotatable bonds is 14. The van der Waals surface area contributed by atoms with E-state index in [9.17, 15) is 14.7 Å². The Kier molecular flexibility index (Phi) is 11.2. The number of carbonyl (C=O) groups is 2. The van der Waals surface area contributed by atoms with Gasteiger partial charge in [0.2, 0.25) is 0 Å². The minimum atomic E-state index is -0.427. The van der Waals surface area contributed by atoms with Gasteiger partial charge in [0.25, 0.3) is 0 Å². The molecule has 3 aromatic carbocycles. The molecule has 0 bridgehead atoms. The van der Waals surface area contributed by atoms with Gasteiger partial charge in [0.15, 0.2) is 5.78 Å². The van der Waals surface area contributed by atoms with Gasteiger partial charge in [0, 0.05) is 44.0 Å². The molecule has 0 saturated carbocycles. The highest BCUT2D eigenvalue weighted by molar-refractivity contribution is 5.96. The summed E-state index contributed by atoms with van der Waals surface area (Å²) >= 11 is 0. The van der Waals surface area contributed by atoms with Crippen molar-refractivity contribution in [3.63, 3.8) is 0 Å². The third-order valence-corrected chi connectivity index (χ3v) is 7.84. The Morgan fingerprint density at radius 2 is 1.61 bits per heavy atom. The molecule has 5 rings (SSSR count). The maximum atomic E-state index is 12.7. The molecule has 0 radical (unpaired) electrons. The largest absolute Gasteiger partial charge is 0.508 e. The second kappa shape index (κ2) is 15.9. The number of likely N-dealkylation sites (tertiary alicyclic amines) is 1. The van der Waals surface area contributed by atoms with Crippen molar-refractivity contribution >= 4 is 17.6 Å². The van der Waals surface area contributed by atoms with Crippen LogP contribution in [-0.4, -0.2) is 72.2 Å². The van der Waals surface area contributed by atoms with Crippen LogP contribution in [0.5, 0.6) is 5.75 Å². The van der Waals surface area contributed by atoms with Crippen molar-refractivity contribution in [1.29, 1.82) is 0 Å². The SMILES string of the molecule is O=C(Nc1ccccc1-c1ccccc1)OC1CCN(CCNCC(=O)c2ccc(CNCCc3ccc(O)cc3)[nH]2)CC1. The van der Waals surface area contributed by atoms with Crippen molar-refractivity contribution in [2.45, 2.75) is 31.9 Å². The first-order valence-electron chi connectivity index (χ1n) is 15.3. The number of H-pyrrole nitrogens is 1. The molecule has 1 aliphatic rings. The van der Waals surface area contributed by atoms with Gasteiger partial charge in [-0.25, -0.2) is 4.79 Å². The van der Waals surface area contributed by atoms with E-state index in [0.29, 0.717) is 18.8 Å². The molecule has 1 fully saturated rings. The third-order valence-electron chi connectivity index (χ3n) is 7.84. The molecule has 9 heteroatoms. The average molecular weight is 596 g/mol. The number of ketones is 1. The van der Waals surface area contributed by atoms with E-state index in [1.165, 1.54) is 0 Å². The van der Waals surface area contributed by atoms with E-state index < -0.39 is 6.09 Å². The van der Waals surface area contributed by atoms with Crippen LogP contribution in [0.25, 0.3) is 11.1 Å². The fraction of sp³-hybridized carbons (Fsp3) is 0.314. The van der Waals surface area contributed by atoms with Crippen molar-refractivity contribution in [2.75, 3.05) is 44.6 Å². The highest BCUT2D eigenvalue weighted by Gasteiger charge is 2.22. The fourth-order valence-electron chi connectivity index (χ4n) is 5.36. The topological polar surface area (TPSA) is 119 Å². The number of hydrogen-bond acceptors (Lipinski definition) is 7. The Morgan fingerprint density at radius 1 is 0.864 bits per heavy atom. The number of anilines is 1. The van der Waals surface area contributed by atoms with Crippen molar-refractivity contribution in [1.82, 2.24) is 20.5 Å². The van der Waals surface area contributed by atoms with Gasteiger partial charge in [-0.15, -0.1) is 0 Å². The van der Waals surface area contributed by atoms with Crippen molar-refractivity contribution in [3.05, 3.63) is 108 Å². The molecule has 4 aromatic rings. The number of piperidine rings is 1. The lowest BCUT2D eigenvalue weighted by Crippen LogP contribution is -2.42. The van der Waals surface area contributed by atoms with E-state index in [2.05, 4.69) is 25.8 Å². The standard InChI is InChI=1S/C35H41N5O4/c41-29-13-10-26(11-14-29)16-19-36-24-28-12-15-33(38-28)34(42)25-37-20-23-40-21-17-30(18-22-40)44-35(43)39-32-9-5-4-8-31(32)27-6-2-1-3-7-27/h1-15,30,36-38,41H,16-25H2,(H,39,43). The molecule has 2 heterocycles. The first kappa shape index (κ1) is 31.0. The molecule has 5 N–H and O–H groups in total. The molecule has 1 amide bonds. The average Bonchev–Trinajstić information content (AvgIpc) is 3.53. The normalized spacial score (nSPS) is 13.9. The lowest BCUT2D eigenvalue weighted by molar-refractivity contribution is 0.0593.